The number of hydrogen-bond donors (Lipinski definition) is 1. The molecule has 1 N–H and O–H groups in total. The molecule has 0 saturated heterocycles. The van der Waals surface area contributed by atoms with Crippen LogP contribution in [0.1, 0.15) is 12.5 Å². The molecular formula is C22H20N2O4S. The highest BCUT2D eigenvalue weighted by Gasteiger charge is 2.37. The van der Waals surface area contributed by atoms with Crippen LogP contribution in [0, 0.1) is 0 Å². The van der Waals surface area contributed by atoms with Crippen LogP contribution in [-0.4, -0.2) is 32.7 Å². The van der Waals surface area contributed by atoms with Gasteiger partial charge in [-0.1, -0.05) is 54.6 Å². The van der Waals surface area contributed by atoms with Gasteiger partial charge in [0.15, 0.2) is 5.78 Å². The zero-order valence-electron chi connectivity index (χ0n) is 15.8. The molecule has 1 amide bonds. The van der Waals surface area contributed by atoms with E-state index in [9.17, 15) is 18.0 Å². The van der Waals surface area contributed by atoms with E-state index >= 15 is 0 Å². The highest BCUT2D eigenvalue weighted by atomic mass is 32.2. The Morgan fingerprint density at radius 1 is 0.966 bits per heavy atom. The maximum absolute atomic E-state index is 13.0. The van der Waals surface area contributed by atoms with E-state index in [1.165, 1.54) is 6.92 Å². The maximum Gasteiger partial charge on any atom is 0.265 e. The van der Waals surface area contributed by atoms with E-state index in [2.05, 4.69) is 5.32 Å². The number of sulfonamides is 1. The molecule has 1 atom stereocenters. The summed E-state index contributed by atoms with van der Waals surface area (Å²) >= 11 is 0. The van der Waals surface area contributed by atoms with E-state index in [1.54, 1.807) is 24.3 Å². The lowest BCUT2D eigenvalue weighted by molar-refractivity contribution is -0.125. The molecule has 1 aliphatic rings. The van der Waals surface area contributed by atoms with Crippen LogP contribution in [0.5, 0.6) is 0 Å². The molecule has 0 fully saturated rings. The van der Waals surface area contributed by atoms with E-state index in [1.807, 2.05) is 42.5 Å². The van der Waals surface area contributed by atoms with Gasteiger partial charge in [0.25, 0.3) is 10.0 Å². The van der Waals surface area contributed by atoms with Crippen molar-refractivity contribution in [2.24, 2.45) is 0 Å². The van der Waals surface area contributed by atoms with Gasteiger partial charge in [0, 0.05) is 5.39 Å². The third kappa shape index (κ3) is 3.49. The van der Waals surface area contributed by atoms with E-state index in [4.69, 9.17) is 0 Å². The molecule has 0 saturated carbocycles. The van der Waals surface area contributed by atoms with Crippen molar-refractivity contribution in [3.63, 3.8) is 0 Å². The first-order chi connectivity index (χ1) is 13.9. The van der Waals surface area contributed by atoms with Crippen LogP contribution >= 0.6 is 0 Å². The first-order valence-corrected chi connectivity index (χ1v) is 10.7. The summed E-state index contributed by atoms with van der Waals surface area (Å²) in [6.07, 6.45) is 0.352. The number of carbonyl (C=O) groups excluding carboxylic acids is 2. The first-order valence-electron chi connectivity index (χ1n) is 9.26. The number of ketones is 1. The predicted molar refractivity (Wildman–Crippen MR) is 111 cm³/mol. The second-order valence-electron chi connectivity index (χ2n) is 7.06. The van der Waals surface area contributed by atoms with E-state index in [-0.39, 0.29) is 17.2 Å². The monoisotopic (exact) mass is 408 g/mol. The zero-order valence-corrected chi connectivity index (χ0v) is 16.6. The van der Waals surface area contributed by atoms with Gasteiger partial charge in [-0.15, -0.1) is 0 Å². The van der Waals surface area contributed by atoms with Crippen LogP contribution in [0.2, 0.25) is 0 Å². The number of carbonyl (C=O) groups is 2. The average Bonchev–Trinajstić information content (AvgIpc) is 2.91. The number of amides is 1. The quantitative estimate of drug-likeness (QED) is 0.680. The molecule has 0 aromatic heterocycles. The second kappa shape index (κ2) is 7.33. The van der Waals surface area contributed by atoms with Gasteiger partial charge in [0.1, 0.15) is 6.54 Å². The van der Waals surface area contributed by atoms with Crippen LogP contribution in [0.4, 0.5) is 5.69 Å². The van der Waals surface area contributed by atoms with Crippen molar-refractivity contribution in [3.8, 4) is 0 Å². The minimum atomic E-state index is -3.82. The Balaban J connectivity index is 1.57. The van der Waals surface area contributed by atoms with Gasteiger partial charge in [0.05, 0.1) is 16.6 Å². The fraction of sp³-hybridized carbons (Fsp3) is 0.182. The normalized spacial score (nSPS) is 15.3. The number of rotatable bonds is 6. The number of benzene rings is 3. The van der Waals surface area contributed by atoms with Gasteiger partial charge >= 0.3 is 0 Å². The Kier molecular flexibility index (Phi) is 4.84. The molecule has 1 heterocycles. The van der Waals surface area contributed by atoms with E-state index in [0.717, 1.165) is 15.3 Å². The smallest absolute Gasteiger partial charge is 0.265 e. The van der Waals surface area contributed by atoms with Gasteiger partial charge in [-0.05, 0) is 36.4 Å². The summed E-state index contributed by atoms with van der Waals surface area (Å²) in [6, 6.07) is 19.0. The molecule has 1 aliphatic heterocycles. The Morgan fingerprint density at radius 2 is 1.66 bits per heavy atom. The summed E-state index contributed by atoms with van der Waals surface area (Å²) in [4.78, 5) is 24.9. The number of nitrogens with one attached hydrogen (secondary N) is 1. The second-order valence-corrected chi connectivity index (χ2v) is 8.89. The van der Waals surface area contributed by atoms with Gasteiger partial charge in [-0.25, -0.2) is 8.42 Å². The van der Waals surface area contributed by atoms with Crippen molar-refractivity contribution in [1.29, 1.82) is 0 Å². The summed E-state index contributed by atoms with van der Waals surface area (Å²) in [7, 11) is -3.82. The minimum Gasteiger partial charge on any atom is -0.344 e. The molecule has 148 valence electrons. The van der Waals surface area contributed by atoms with Crippen molar-refractivity contribution < 1.29 is 18.0 Å². The Morgan fingerprint density at radius 3 is 2.34 bits per heavy atom. The van der Waals surface area contributed by atoms with E-state index < -0.39 is 22.0 Å². The number of anilines is 1. The largest absolute Gasteiger partial charge is 0.344 e. The van der Waals surface area contributed by atoms with Gasteiger partial charge in [-0.2, -0.15) is 0 Å². The molecule has 0 bridgehead atoms. The summed E-state index contributed by atoms with van der Waals surface area (Å²) in [5.41, 5.74) is 1.40. The molecule has 4 rings (SSSR count). The molecule has 6 nitrogen and oxygen atoms in total. The lowest BCUT2D eigenvalue weighted by Gasteiger charge is -2.21. The molecule has 3 aromatic rings. The van der Waals surface area contributed by atoms with E-state index in [0.29, 0.717) is 17.5 Å². The SMILES string of the molecule is CC(=O)[C@H](Cc1ccccc1)NC(=O)CN1c2cccc3cccc(c23)S1(=O)=O. The number of Topliss-reactive ketones (excluding diaryl/α,β-unsaturated/α-hetero) is 1. The fourth-order valence-electron chi connectivity index (χ4n) is 3.65. The maximum atomic E-state index is 13.0. The topological polar surface area (TPSA) is 83.6 Å². The molecule has 0 unspecified atom stereocenters. The third-order valence-electron chi connectivity index (χ3n) is 5.08. The van der Waals surface area contributed by atoms with Crippen molar-refractivity contribution in [1.82, 2.24) is 5.32 Å². The van der Waals surface area contributed by atoms with Crippen LogP contribution in [-0.2, 0) is 26.0 Å². The van der Waals surface area contributed by atoms with Gasteiger partial charge < -0.3 is 5.32 Å². The number of nitrogens with zero attached hydrogens (tertiary/aromatic N) is 1. The Hall–Kier alpha value is -3.19. The molecule has 0 aliphatic carbocycles. The molecule has 7 heteroatoms. The predicted octanol–water partition coefficient (Wildman–Crippen LogP) is 2.67. The number of hydrogen-bond acceptors (Lipinski definition) is 4. The van der Waals surface area contributed by atoms with Crippen molar-refractivity contribution in [2.75, 3.05) is 10.8 Å². The highest BCUT2D eigenvalue weighted by molar-refractivity contribution is 7.93. The highest BCUT2D eigenvalue weighted by Crippen LogP contribution is 2.41. The fourth-order valence-corrected chi connectivity index (χ4v) is 5.31. The molecular weight excluding hydrogens is 388 g/mol. The Bertz CT molecular complexity index is 1200. The Labute approximate surface area is 169 Å². The van der Waals surface area contributed by atoms with Crippen molar-refractivity contribution in [2.45, 2.75) is 24.3 Å². The average molecular weight is 408 g/mol. The molecule has 3 aromatic carbocycles. The summed E-state index contributed by atoms with van der Waals surface area (Å²) < 4.78 is 27.1. The molecule has 29 heavy (non-hydrogen) atoms. The van der Waals surface area contributed by atoms with Crippen LogP contribution in [0.15, 0.2) is 71.6 Å². The van der Waals surface area contributed by atoms with Crippen molar-refractivity contribution in [3.05, 3.63) is 72.3 Å². The first kappa shape index (κ1) is 19.1. The lowest BCUT2D eigenvalue weighted by Crippen LogP contribution is -2.46. The summed E-state index contributed by atoms with van der Waals surface area (Å²) in [5.74, 6) is -0.702. The zero-order chi connectivity index (χ0) is 20.6. The lowest BCUT2D eigenvalue weighted by atomic mass is 10.0. The summed E-state index contributed by atoms with van der Waals surface area (Å²) in [6.45, 7) is 1.03. The van der Waals surface area contributed by atoms with Gasteiger partial charge in [-0.3, -0.25) is 13.9 Å². The van der Waals surface area contributed by atoms with Crippen molar-refractivity contribution >= 4 is 38.2 Å². The molecule has 0 radical (unpaired) electrons. The minimum absolute atomic E-state index is 0.183. The molecule has 0 spiro atoms. The van der Waals surface area contributed by atoms with Gasteiger partial charge in [0.2, 0.25) is 5.91 Å². The standard InChI is InChI=1S/C22H20N2O4S/c1-15(25)18(13-16-7-3-2-4-8-16)23-21(26)14-24-19-11-5-9-17-10-6-12-20(22(17)19)29(24,27)28/h2-12,18H,13-14H2,1H3,(H,23,26)/t18-/m0/s1. The van der Waals surface area contributed by atoms with Crippen LogP contribution < -0.4 is 9.62 Å². The summed E-state index contributed by atoms with van der Waals surface area (Å²) in [5, 5.41) is 4.12. The van der Waals surface area contributed by atoms with Crippen LogP contribution in [0.3, 0.4) is 0 Å². The van der Waals surface area contributed by atoms with Crippen LogP contribution in [0.25, 0.3) is 10.8 Å². The third-order valence-corrected chi connectivity index (χ3v) is 6.88.